The smallest absolute Gasteiger partial charge is 0.267 e. The molecule has 4 heterocycles. The molecule has 9 nitrogen and oxygen atoms in total. The Hall–Kier alpha value is -3.22. The fourth-order valence-corrected chi connectivity index (χ4v) is 3.84. The standard InChI is InChI=1S/C22H25N5O4/c1-15-4-2-6-27-19(15)25-20(26-7-10-30-11-8-26)18(22(27)29)12-16(13-23)21(28)24-14-17-5-3-9-31-17/h2,4,6,12,17H,3,5,7-11,14H2,1H3,(H,24,28)/b16-12+. The van der Waals surface area contributed by atoms with Gasteiger partial charge in [-0.3, -0.25) is 14.0 Å². The highest BCUT2D eigenvalue weighted by molar-refractivity contribution is 6.02. The lowest BCUT2D eigenvalue weighted by molar-refractivity contribution is -0.117. The van der Waals surface area contributed by atoms with Gasteiger partial charge in [-0.15, -0.1) is 0 Å². The van der Waals surface area contributed by atoms with Crippen LogP contribution in [0.15, 0.2) is 28.7 Å². The Kier molecular flexibility index (Phi) is 6.30. The summed E-state index contributed by atoms with van der Waals surface area (Å²) in [4.78, 5) is 32.7. The number of ether oxygens (including phenoxy) is 2. The number of amides is 1. The van der Waals surface area contributed by atoms with Gasteiger partial charge in [0.1, 0.15) is 23.1 Å². The van der Waals surface area contributed by atoms with Crippen molar-refractivity contribution in [2.45, 2.75) is 25.9 Å². The van der Waals surface area contributed by atoms with Crippen LogP contribution >= 0.6 is 0 Å². The molecular formula is C22H25N5O4. The summed E-state index contributed by atoms with van der Waals surface area (Å²) in [5, 5.41) is 12.4. The molecule has 2 aliphatic rings. The molecule has 2 aromatic heterocycles. The number of hydrogen-bond acceptors (Lipinski definition) is 7. The summed E-state index contributed by atoms with van der Waals surface area (Å²) in [7, 11) is 0. The molecule has 1 amide bonds. The summed E-state index contributed by atoms with van der Waals surface area (Å²) >= 11 is 0. The molecule has 2 fully saturated rings. The van der Waals surface area contributed by atoms with E-state index in [1.165, 1.54) is 10.5 Å². The topological polar surface area (TPSA) is 109 Å². The van der Waals surface area contributed by atoms with Gasteiger partial charge in [-0.05, 0) is 37.5 Å². The Morgan fingerprint density at radius 1 is 1.39 bits per heavy atom. The van der Waals surface area contributed by atoms with Gasteiger partial charge in [0.25, 0.3) is 11.5 Å². The third-order valence-electron chi connectivity index (χ3n) is 5.54. The maximum Gasteiger partial charge on any atom is 0.267 e. The fraction of sp³-hybridized carbons (Fsp3) is 0.455. The van der Waals surface area contributed by atoms with Crippen LogP contribution in [-0.4, -0.2) is 60.9 Å². The van der Waals surface area contributed by atoms with Crippen LogP contribution in [-0.2, 0) is 14.3 Å². The second-order valence-corrected chi connectivity index (χ2v) is 7.65. The number of carbonyl (C=O) groups is 1. The Morgan fingerprint density at radius 2 is 2.19 bits per heavy atom. The Labute approximate surface area is 179 Å². The van der Waals surface area contributed by atoms with Gasteiger partial charge in [0.05, 0.1) is 24.9 Å². The van der Waals surface area contributed by atoms with Gasteiger partial charge in [-0.1, -0.05) is 6.07 Å². The van der Waals surface area contributed by atoms with Gasteiger partial charge >= 0.3 is 0 Å². The normalized spacial score (nSPS) is 19.4. The van der Waals surface area contributed by atoms with E-state index < -0.39 is 5.91 Å². The van der Waals surface area contributed by atoms with E-state index in [9.17, 15) is 14.9 Å². The fourth-order valence-electron chi connectivity index (χ4n) is 3.84. The van der Waals surface area contributed by atoms with Crippen molar-refractivity contribution in [3.05, 3.63) is 45.4 Å². The number of hydrogen-bond donors (Lipinski definition) is 1. The lowest BCUT2D eigenvalue weighted by Crippen LogP contribution is -2.39. The van der Waals surface area contributed by atoms with Crippen LogP contribution < -0.4 is 15.8 Å². The van der Waals surface area contributed by atoms with Crippen molar-refractivity contribution in [2.24, 2.45) is 0 Å². The van der Waals surface area contributed by atoms with Crippen molar-refractivity contribution in [2.75, 3.05) is 44.4 Å². The molecule has 0 bridgehead atoms. The predicted octanol–water partition coefficient (Wildman–Crippen LogP) is 1.04. The highest BCUT2D eigenvalue weighted by Gasteiger charge is 2.22. The minimum atomic E-state index is -0.528. The third-order valence-corrected chi connectivity index (χ3v) is 5.54. The summed E-state index contributed by atoms with van der Waals surface area (Å²) in [6, 6.07) is 5.59. The van der Waals surface area contributed by atoms with Crippen molar-refractivity contribution < 1.29 is 14.3 Å². The van der Waals surface area contributed by atoms with Crippen molar-refractivity contribution >= 4 is 23.4 Å². The third kappa shape index (κ3) is 4.45. The maximum atomic E-state index is 13.3. The zero-order valence-corrected chi connectivity index (χ0v) is 17.5. The molecule has 4 rings (SSSR count). The first-order valence-corrected chi connectivity index (χ1v) is 10.4. The minimum absolute atomic E-state index is 0.0382. The van der Waals surface area contributed by atoms with Gasteiger partial charge in [0.15, 0.2) is 0 Å². The largest absolute Gasteiger partial charge is 0.378 e. The van der Waals surface area contributed by atoms with Crippen molar-refractivity contribution in [1.29, 1.82) is 5.26 Å². The van der Waals surface area contributed by atoms with E-state index in [4.69, 9.17) is 14.5 Å². The minimum Gasteiger partial charge on any atom is -0.378 e. The number of morpholine rings is 1. The molecule has 0 radical (unpaired) electrons. The monoisotopic (exact) mass is 423 g/mol. The number of nitriles is 1. The summed E-state index contributed by atoms with van der Waals surface area (Å²) in [5.41, 5.74) is 1.16. The van der Waals surface area contributed by atoms with Crippen LogP contribution in [0.1, 0.15) is 24.0 Å². The number of fused-ring (bicyclic) bond motifs is 1. The quantitative estimate of drug-likeness (QED) is 0.565. The van der Waals surface area contributed by atoms with Gasteiger partial charge in [-0.2, -0.15) is 5.26 Å². The average Bonchev–Trinajstić information content (AvgIpc) is 3.31. The lowest BCUT2D eigenvalue weighted by Gasteiger charge is -2.29. The molecule has 2 saturated heterocycles. The Balaban J connectivity index is 1.74. The highest BCUT2D eigenvalue weighted by Crippen LogP contribution is 2.21. The molecule has 0 aliphatic carbocycles. The van der Waals surface area contributed by atoms with Gasteiger partial charge in [-0.25, -0.2) is 4.98 Å². The summed E-state index contributed by atoms with van der Waals surface area (Å²) in [5.74, 6) is -0.0676. The zero-order valence-electron chi connectivity index (χ0n) is 17.5. The van der Waals surface area contributed by atoms with E-state index in [1.54, 1.807) is 12.3 Å². The molecular weight excluding hydrogens is 398 g/mol. The summed E-state index contributed by atoms with van der Waals surface area (Å²) in [6.45, 7) is 5.09. The SMILES string of the molecule is Cc1cccn2c(=O)c(/C=C(\C#N)C(=O)NCC3CCCO3)c(N3CCOCC3)nc12. The summed E-state index contributed by atoms with van der Waals surface area (Å²) < 4.78 is 12.4. The second-order valence-electron chi connectivity index (χ2n) is 7.65. The Morgan fingerprint density at radius 3 is 2.90 bits per heavy atom. The van der Waals surface area contributed by atoms with E-state index in [1.807, 2.05) is 24.0 Å². The van der Waals surface area contributed by atoms with E-state index in [0.29, 0.717) is 50.9 Å². The van der Waals surface area contributed by atoms with Crippen LogP contribution in [0.3, 0.4) is 0 Å². The molecule has 9 heteroatoms. The highest BCUT2D eigenvalue weighted by atomic mass is 16.5. The molecule has 1 N–H and O–H groups in total. The van der Waals surface area contributed by atoms with Crippen LogP contribution in [0.25, 0.3) is 11.7 Å². The van der Waals surface area contributed by atoms with Crippen molar-refractivity contribution in [3.8, 4) is 6.07 Å². The maximum absolute atomic E-state index is 13.3. The van der Waals surface area contributed by atoms with E-state index in [0.717, 1.165) is 18.4 Å². The van der Waals surface area contributed by atoms with Crippen LogP contribution in [0.5, 0.6) is 0 Å². The van der Waals surface area contributed by atoms with Crippen LogP contribution in [0.4, 0.5) is 5.82 Å². The van der Waals surface area contributed by atoms with Crippen LogP contribution in [0.2, 0.25) is 0 Å². The van der Waals surface area contributed by atoms with Gasteiger partial charge < -0.3 is 19.7 Å². The number of carbonyl (C=O) groups excluding carboxylic acids is 1. The van der Waals surface area contributed by atoms with Gasteiger partial charge in [0.2, 0.25) is 0 Å². The molecule has 1 unspecified atom stereocenters. The number of rotatable bonds is 5. The molecule has 0 saturated carbocycles. The molecule has 2 aliphatic heterocycles. The second kappa shape index (κ2) is 9.29. The summed E-state index contributed by atoms with van der Waals surface area (Å²) in [6.07, 6.45) is 4.79. The first-order valence-electron chi connectivity index (χ1n) is 10.4. The Bertz CT molecular complexity index is 1110. The van der Waals surface area contributed by atoms with Crippen molar-refractivity contribution in [3.63, 3.8) is 0 Å². The number of pyridine rings is 1. The molecule has 1 atom stereocenters. The molecule has 0 spiro atoms. The lowest BCUT2D eigenvalue weighted by atomic mass is 10.1. The molecule has 0 aromatic carbocycles. The molecule has 162 valence electrons. The number of anilines is 1. The first-order chi connectivity index (χ1) is 15.1. The van der Waals surface area contributed by atoms with E-state index in [-0.39, 0.29) is 22.8 Å². The predicted molar refractivity (Wildman–Crippen MR) is 115 cm³/mol. The molecule has 2 aromatic rings. The number of aromatic nitrogens is 2. The van der Waals surface area contributed by atoms with Gasteiger partial charge in [0, 0.05) is 32.4 Å². The van der Waals surface area contributed by atoms with E-state index >= 15 is 0 Å². The van der Waals surface area contributed by atoms with Crippen molar-refractivity contribution in [1.82, 2.24) is 14.7 Å². The average molecular weight is 423 g/mol. The number of nitrogens with zero attached hydrogens (tertiary/aromatic N) is 4. The number of nitrogens with one attached hydrogen (secondary N) is 1. The number of aryl methyl sites for hydroxylation is 1. The van der Waals surface area contributed by atoms with Crippen LogP contribution in [0, 0.1) is 18.3 Å². The van der Waals surface area contributed by atoms with E-state index in [2.05, 4.69) is 5.32 Å². The molecule has 31 heavy (non-hydrogen) atoms. The first kappa shape index (κ1) is 21.0. The zero-order chi connectivity index (χ0) is 21.8.